The average molecular weight is 640 g/mol. The number of nitrogens with one attached hydrogen (secondary N) is 2. The lowest BCUT2D eigenvalue weighted by Gasteiger charge is -2.20. The van der Waals surface area contributed by atoms with E-state index in [0.29, 0.717) is 16.2 Å². The molecule has 16 heteroatoms. The maximum atomic E-state index is 14.2. The van der Waals surface area contributed by atoms with Crippen LogP contribution >= 0.6 is 11.6 Å². The third kappa shape index (κ3) is 5.58. The molecule has 1 unspecified atom stereocenters. The number of fused-ring (bicyclic) bond motifs is 1. The summed E-state index contributed by atoms with van der Waals surface area (Å²) in [6.07, 6.45) is -3.77. The summed E-state index contributed by atoms with van der Waals surface area (Å²) in [5.74, 6) is -3.90. The van der Waals surface area contributed by atoms with Crippen molar-refractivity contribution >= 4 is 39.3 Å². The van der Waals surface area contributed by atoms with Gasteiger partial charge in [-0.2, -0.15) is 31.0 Å². The van der Waals surface area contributed by atoms with E-state index in [0.717, 1.165) is 16.4 Å². The van der Waals surface area contributed by atoms with Gasteiger partial charge < -0.3 is 10.6 Å². The van der Waals surface area contributed by atoms with Crippen LogP contribution in [0.2, 0.25) is 5.02 Å². The number of carbonyl (C=O) groups is 2. The lowest BCUT2D eigenvalue weighted by molar-refractivity contribution is -0.137. The van der Waals surface area contributed by atoms with E-state index in [9.17, 15) is 40.0 Å². The van der Waals surface area contributed by atoms with Crippen LogP contribution in [0.1, 0.15) is 43.4 Å². The predicted molar refractivity (Wildman–Crippen MR) is 146 cm³/mol. The number of anilines is 1. The quantitative estimate of drug-likeness (QED) is 0.280. The van der Waals surface area contributed by atoms with Crippen LogP contribution in [0.15, 0.2) is 60.8 Å². The molecule has 43 heavy (non-hydrogen) atoms. The first-order chi connectivity index (χ1) is 20.1. The zero-order chi connectivity index (χ0) is 31.4. The summed E-state index contributed by atoms with van der Waals surface area (Å²) < 4.78 is 95.6. The number of hydrogen-bond acceptors (Lipinski definition) is 5. The fraction of sp³-hybridized carbons (Fsp3) is 0.148. The number of aromatic nitrogens is 2. The Balaban J connectivity index is 1.71. The Bertz CT molecular complexity index is 1910. The van der Waals surface area contributed by atoms with E-state index in [1.807, 2.05) is 0 Å². The molecule has 0 saturated carbocycles. The summed E-state index contributed by atoms with van der Waals surface area (Å²) in [7, 11) is -1.63. The molecule has 3 aromatic carbocycles. The largest absolute Gasteiger partial charge is 0.416 e. The molecule has 2 amide bonds. The summed E-state index contributed by atoms with van der Waals surface area (Å²) in [5.41, 5.74) is -2.16. The van der Waals surface area contributed by atoms with Gasteiger partial charge in [0.15, 0.2) is 0 Å². The molecule has 0 fully saturated rings. The van der Waals surface area contributed by atoms with Gasteiger partial charge in [0, 0.05) is 52.6 Å². The van der Waals surface area contributed by atoms with Gasteiger partial charge in [-0.3, -0.25) is 9.59 Å². The zero-order valence-corrected chi connectivity index (χ0v) is 23.6. The van der Waals surface area contributed by atoms with Crippen molar-refractivity contribution in [1.82, 2.24) is 18.8 Å². The second kappa shape index (κ2) is 10.7. The molecule has 0 aliphatic carbocycles. The van der Waals surface area contributed by atoms with E-state index >= 15 is 0 Å². The van der Waals surface area contributed by atoms with Crippen LogP contribution in [0, 0.1) is 11.6 Å². The van der Waals surface area contributed by atoms with Crippen LogP contribution in [0.3, 0.4) is 0 Å². The molecule has 0 bridgehead atoms. The minimum atomic E-state index is -4.95. The number of alkyl halides is 3. The minimum absolute atomic E-state index is 0.0304. The van der Waals surface area contributed by atoms with Crippen LogP contribution < -0.4 is 10.6 Å². The minimum Gasteiger partial charge on any atom is -0.341 e. The summed E-state index contributed by atoms with van der Waals surface area (Å²) >= 11 is 6.30. The summed E-state index contributed by atoms with van der Waals surface area (Å²) in [6.45, 7) is 0. The predicted octanol–water partition coefficient (Wildman–Crippen LogP) is 5.24. The van der Waals surface area contributed by atoms with Gasteiger partial charge in [0.1, 0.15) is 11.6 Å². The standard InChI is InChI=1S/C27H19ClF5N5O4S/c1-37(2)43(41,42)38-22(5-6-34-38)13-9-19-23(24(36-26(19)40)18-12-16(29)3-4-20(18)28)21(10-13)35-25(39)14-7-15(27(31,32)33)11-17(30)8-14/h3-12,24H,1-2H3,(H,35,39)(H,36,40). The highest BCUT2D eigenvalue weighted by molar-refractivity contribution is 7.87. The maximum Gasteiger partial charge on any atom is 0.416 e. The molecule has 1 aliphatic rings. The van der Waals surface area contributed by atoms with Crippen LogP contribution in [-0.4, -0.2) is 47.8 Å². The highest BCUT2D eigenvalue weighted by atomic mass is 35.5. The monoisotopic (exact) mass is 639 g/mol. The van der Waals surface area contributed by atoms with Gasteiger partial charge in [0.25, 0.3) is 11.8 Å². The Morgan fingerprint density at radius 3 is 2.44 bits per heavy atom. The van der Waals surface area contributed by atoms with Crippen molar-refractivity contribution in [2.24, 2.45) is 0 Å². The number of carbonyl (C=O) groups excluding carboxylic acids is 2. The van der Waals surface area contributed by atoms with E-state index in [-0.39, 0.29) is 44.7 Å². The molecule has 2 N–H and O–H groups in total. The van der Waals surface area contributed by atoms with Gasteiger partial charge in [0.2, 0.25) is 0 Å². The molecular weight excluding hydrogens is 621 g/mol. The highest BCUT2D eigenvalue weighted by Gasteiger charge is 2.36. The Morgan fingerprint density at radius 1 is 1.05 bits per heavy atom. The lowest BCUT2D eigenvalue weighted by atomic mass is 9.93. The maximum absolute atomic E-state index is 14.2. The second-order valence-electron chi connectivity index (χ2n) is 9.59. The topological polar surface area (TPSA) is 113 Å². The van der Waals surface area contributed by atoms with Crippen LogP contribution in [0.5, 0.6) is 0 Å². The van der Waals surface area contributed by atoms with E-state index < -0.39 is 57.0 Å². The number of benzene rings is 3. The summed E-state index contributed by atoms with van der Waals surface area (Å²) in [4.78, 5) is 26.4. The Kier molecular flexibility index (Phi) is 7.52. The zero-order valence-electron chi connectivity index (χ0n) is 22.0. The number of halogens is 6. The average Bonchev–Trinajstić information content (AvgIpc) is 3.55. The lowest BCUT2D eigenvalue weighted by Crippen LogP contribution is -2.30. The number of hydrogen-bond donors (Lipinski definition) is 2. The highest BCUT2D eigenvalue weighted by Crippen LogP contribution is 2.42. The van der Waals surface area contributed by atoms with Gasteiger partial charge >= 0.3 is 16.4 Å². The third-order valence-corrected chi connectivity index (χ3v) is 8.57. The molecular formula is C27H19ClF5N5O4S. The Hall–Kier alpha value is -4.34. The molecule has 5 rings (SSSR count). The SMILES string of the molecule is CN(C)S(=O)(=O)n1nccc1-c1cc(NC(=O)c2cc(F)cc(C(F)(F)F)c2)c2c(c1)C(=O)NC2c1cc(F)ccc1Cl. The van der Waals surface area contributed by atoms with Crippen molar-refractivity contribution in [2.75, 3.05) is 19.4 Å². The fourth-order valence-corrected chi connectivity index (χ4v) is 5.69. The van der Waals surface area contributed by atoms with Gasteiger partial charge in [-0.15, -0.1) is 4.09 Å². The van der Waals surface area contributed by atoms with Crippen molar-refractivity contribution in [3.05, 3.63) is 105 Å². The van der Waals surface area contributed by atoms with Gasteiger partial charge in [0.05, 0.1) is 23.5 Å². The second-order valence-corrected chi connectivity index (χ2v) is 12.0. The third-order valence-electron chi connectivity index (χ3n) is 6.58. The van der Waals surface area contributed by atoms with Gasteiger partial charge in [-0.1, -0.05) is 11.6 Å². The van der Waals surface area contributed by atoms with Crippen molar-refractivity contribution in [3.63, 3.8) is 0 Å². The van der Waals surface area contributed by atoms with E-state index in [1.54, 1.807) is 0 Å². The first-order valence-electron chi connectivity index (χ1n) is 12.2. The van der Waals surface area contributed by atoms with Crippen molar-refractivity contribution < 1.29 is 40.0 Å². The first kappa shape index (κ1) is 30.1. The Labute approximate surface area is 246 Å². The first-order valence-corrected chi connectivity index (χ1v) is 14.0. The van der Waals surface area contributed by atoms with Crippen LogP contribution in [-0.2, 0) is 16.4 Å². The molecule has 9 nitrogen and oxygen atoms in total. The molecule has 0 saturated heterocycles. The normalized spacial score (nSPS) is 15.0. The number of rotatable bonds is 6. The number of amides is 2. The molecule has 4 aromatic rings. The van der Waals surface area contributed by atoms with E-state index in [4.69, 9.17) is 11.6 Å². The van der Waals surface area contributed by atoms with E-state index in [2.05, 4.69) is 15.7 Å². The van der Waals surface area contributed by atoms with E-state index in [1.165, 1.54) is 44.6 Å². The fourth-order valence-electron chi connectivity index (χ4n) is 4.57. The smallest absolute Gasteiger partial charge is 0.341 e. The molecule has 1 aromatic heterocycles. The van der Waals surface area contributed by atoms with Crippen LogP contribution in [0.25, 0.3) is 11.3 Å². The molecule has 0 radical (unpaired) electrons. The molecule has 224 valence electrons. The molecule has 1 atom stereocenters. The number of nitrogens with zero attached hydrogens (tertiary/aromatic N) is 3. The molecule has 1 aliphatic heterocycles. The molecule has 2 heterocycles. The van der Waals surface area contributed by atoms with Crippen LogP contribution in [0.4, 0.5) is 27.6 Å². The van der Waals surface area contributed by atoms with Gasteiger partial charge in [-0.25, -0.2) is 8.78 Å². The van der Waals surface area contributed by atoms with Crippen molar-refractivity contribution in [2.45, 2.75) is 12.2 Å². The van der Waals surface area contributed by atoms with Crippen molar-refractivity contribution in [3.8, 4) is 11.3 Å². The van der Waals surface area contributed by atoms with Gasteiger partial charge in [-0.05, 0) is 54.6 Å². The van der Waals surface area contributed by atoms with Crippen molar-refractivity contribution in [1.29, 1.82) is 0 Å². The Morgan fingerprint density at radius 2 is 1.77 bits per heavy atom. The summed E-state index contributed by atoms with van der Waals surface area (Å²) in [6, 6.07) is 7.44. The summed E-state index contributed by atoms with van der Waals surface area (Å²) in [5, 5.41) is 8.95. The molecule has 0 spiro atoms.